The van der Waals surface area contributed by atoms with Crippen LogP contribution in [0.15, 0.2) is 0 Å². The fourth-order valence-electron chi connectivity index (χ4n) is 0.0975. The fourth-order valence-corrected chi connectivity index (χ4v) is 1.96. The minimum atomic E-state index is -3.68. The van der Waals surface area contributed by atoms with Gasteiger partial charge in [0.25, 0.3) is 10.1 Å². The van der Waals surface area contributed by atoms with Crippen LogP contribution in [0.1, 0.15) is 0 Å². The normalized spacial score (nSPS) is 10.2. The molecule has 0 rings (SSSR count). The zero-order chi connectivity index (χ0) is 5.91. The van der Waals surface area contributed by atoms with Crippen molar-refractivity contribution in [3.8, 4) is 0 Å². The Balaban J connectivity index is 0. The van der Waals surface area contributed by atoms with E-state index in [0.29, 0.717) is 4.43 Å². The molecular weight excluding hydrogens is 254 g/mol. The third-order valence-electron chi connectivity index (χ3n) is 0.335. The SMILES string of the molecule is O=S(=O)(O)CCI.[NaH]. The molecule has 0 aromatic heterocycles. The van der Waals surface area contributed by atoms with E-state index < -0.39 is 10.1 Å². The Hall–Kier alpha value is 1.64. The Bertz CT molecular complexity index is 130. The molecule has 0 bridgehead atoms. The standard InChI is InChI=1S/C2H5IO3S.Na.H/c3-1-2-7(4,5)6;;/h1-2H2,(H,4,5,6);;. The van der Waals surface area contributed by atoms with Crippen LogP contribution >= 0.6 is 22.6 Å². The molecule has 0 spiro atoms. The Morgan fingerprint density at radius 2 is 1.88 bits per heavy atom. The van der Waals surface area contributed by atoms with Crippen LogP contribution < -0.4 is 0 Å². The van der Waals surface area contributed by atoms with Gasteiger partial charge in [-0.05, 0) is 0 Å². The number of rotatable bonds is 2. The van der Waals surface area contributed by atoms with Crippen LogP contribution in [-0.4, -0.2) is 52.7 Å². The predicted octanol–water partition coefficient (Wildman–Crippen LogP) is -0.339. The van der Waals surface area contributed by atoms with Crippen molar-refractivity contribution >= 4 is 62.3 Å². The molecule has 0 amide bonds. The number of halogens is 1. The summed E-state index contributed by atoms with van der Waals surface area (Å²) in [7, 11) is -3.68. The second kappa shape index (κ2) is 5.43. The number of hydrogen-bond donors (Lipinski definition) is 1. The molecule has 0 aliphatic carbocycles. The van der Waals surface area contributed by atoms with Crippen LogP contribution in [0.4, 0.5) is 0 Å². The molecular formula is C2H6INaO3S. The van der Waals surface area contributed by atoms with Crippen LogP contribution in [0.25, 0.3) is 0 Å². The molecule has 0 aromatic carbocycles. The van der Waals surface area contributed by atoms with Gasteiger partial charge in [-0.1, -0.05) is 22.6 Å². The molecule has 0 fully saturated rings. The van der Waals surface area contributed by atoms with Crippen LogP contribution in [0.2, 0.25) is 0 Å². The van der Waals surface area contributed by atoms with Gasteiger partial charge in [-0.25, -0.2) is 0 Å². The maximum absolute atomic E-state index is 9.78. The van der Waals surface area contributed by atoms with E-state index in [4.69, 9.17) is 4.55 Å². The van der Waals surface area contributed by atoms with Crippen molar-refractivity contribution in [1.82, 2.24) is 0 Å². The molecule has 6 heteroatoms. The summed E-state index contributed by atoms with van der Waals surface area (Å²) in [5.41, 5.74) is 0. The minimum absolute atomic E-state index is 0. The van der Waals surface area contributed by atoms with Crippen LogP contribution in [0, 0.1) is 0 Å². The van der Waals surface area contributed by atoms with Gasteiger partial charge in [-0.15, -0.1) is 0 Å². The van der Waals surface area contributed by atoms with E-state index in [1.807, 2.05) is 22.6 Å². The van der Waals surface area contributed by atoms with Crippen molar-refractivity contribution in [2.24, 2.45) is 0 Å². The quantitative estimate of drug-likeness (QED) is 0.320. The summed E-state index contributed by atoms with van der Waals surface area (Å²) in [5, 5.41) is 0. The van der Waals surface area contributed by atoms with Gasteiger partial charge >= 0.3 is 29.6 Å². The number of alkyl halides is 1. The molecule has 0 aliphatic heterocycles. The first-order chi connectivity index (χ1) is 3.06. The van der Waals surface area contributed by atoms with Crippen molar-refractivity contribution in [2.45, 2.75) is 0 Å². The summed E-state index contributed by atoms with van der Waals surface area (Å²) < 4.78 is 28.0. The topological polar surface area (TPSA) is 54.4 Å². The Kier molecular flexibility index (Phi) is 8.36. The van der Waals surface area contributed by atoms with Crippen LogP contribution in [0.5, 0.6) is 0 Å². The van der Waals surface area contributed by atoms with Gasteiger partial charge in [0.1, 0.15) is 0 Å². The molecule has 8 heavy (non-hydrogen) atoms. The van der Waals surface area contributed by atoms with E-state index in [1.54, 1.807) is 0 Å². The first-order valence-electron chi connectivity index (χ1n) is 1.57. The molecule has 0 aliphatic rings. The average Bonchev–Trinajstić information content (AvgIpc) is 1.30. The van der Waals surface area contributed by atoms with Gasteiger partial charge in [0.15, 0.2) is 0 Å². The third kappa shape index (κ3) is 10.6. The van der Waals surface area contributed by atoms with E-state index in [1.165, 1.54) is 0 Å². The van der Waals surface area contributed by atoms with Gasteiger partial charge in [-0.3, -0.25) is 4.55 Å². The van der Waals surface area contributed by atoms with E-state index in [2.05, 4.69) is 0 Å². The fraction of sp³-hybridized carbons (Fsp3) is 1.00. The first-order valence-corrected chi connectivity index (χ1v) is 4.71. The second-order valence-electron chi connectivity index (χ2n) is 0.975. The van der Waals surface area contributed by atoms with Gasteiger partial charge in [0, 0.05) is 4.43 Å². The Morgan fingerprint density at radius 1 is 1.50 bits per heavy atom. The van der Waals surface area contributed by atoms with Crippen molar-refractivity contribution in [2.75, 3.05) is 10.2 Å². The molecule has 0 radical (unpaired) electrons. The summed E-state index contributed by atoms with van der Waals surface area (Å²) in [6.07, 6.45) is 0. The second-order valence-corrected chi connectivity index (χ2v) is 3.63. The monoisotopic (exact) mass is 260 g/mol. The summed E-state index contributed by atoms with van der Waals surface area (Å²) in [6.45, 7) is 0. The average molecular weight is 260 g/mol. The Morgan fingerprint density at radius 3 is 1.88 bits per heavy atom. The van der Waals surface area contributed by atoms with E-state index in [9.17, 15) is 8.42 Å². The van der Waals surface area contributed by atoms with Gasteiger partial charge in [-0.2, -0.15) is 8.42 Å². The number of hydrogen-bond acceptors (Lipinski definition) is 2. The van der Waals surface area contributed by atoms with Crippen LogP contribution in [0.3, 0.4) is 0 Å². The van der Waals surface area contributed by atoms with Crippen LogP contribution in [-0.2, 0) is 10.1 Å². The Labute approximate surface area is 84.4 Å². The molecule has 3 nitrogen and oxygen atoms in total. The molecule has 0 saturated carbocycles. The van der Waals surface area contributed by atoms with E-state index >= 15 is 0 Å². The van der Waals surface area contributed by atoms with Crippen molar-refractivity contribution in [1.29, 1.82) is 0 Å². The zero-order valence-electron chi connectivity index (χ0n) is 3.46. The molecule has 0 unspecified atom stereocenters. The zero-order valence-corrected chi connectivity index (χ0v) is 6.44. The summed E-state index contributed by atoms with van der Waals surface area (Å²) >= 11 is 1.87. The van der Waals surface area contributed by atoms with E-state index in [0.717, 1.165) is 0 Å². The summed E-state index contributed by atoms with van der Waals surface area (Å²) in [5.74, 6) is -0.145. The summed E-state index contributed by atoms with van der Waals surface area (Å²) in [4.78, 5) is 0. The molecule has 46 valence electrons. The molecule has 0 aromatic rings. The third-order valence-corrected chi connectivity index (χ3v) is 2.33. The van der Waals surface area contributed by atoms with Crippen molar-refractivity contribution in [3.63, 3.8) is 0 Å². The van der Waals surface area contributed by atoms with Crippen molar-refractivity contribution < 1.29 is 13.0 Å². The molecule has 0 heterocycles. The molecule has 0 saturated heterocycles. The predicted molar refractivity (Wildman–Crippen MR) is 42.5 cm³/mol. The van der Waals surface area contributed by atoms with Gasteiger partial charge in [0.2, 0.25) is 0 Å². The first kappa shape index (κ1) is 12.3. The van der Waals surface area contributed by atoms with Crippen molar-refractivity contribution in [3.05, 3.63) is 0 Å². The van der Waals surface area contributed by atoms with Gasteiger partial charge < -0.3 is 0 Å². The summed E-state index contributed by atoms with van der Waals surface area (Å²) in [6, 6.07) is 0. The molecule has 1 N–H and O–H groups in total. The maximum atomic E-state index is 9.78. The van der Waals surface area contributed by atoms with Gasteiger partial charge in [0.05, 0.1) is 5.75 Å². The van der Waals surface area contributed by atoms with E-state index in [-0.39, 0.29) is 35.3 Å². The molecule has 0 atom stereocenters.